The monoisotopic (exact) mass is 328 g/mol. The molecular weight excluding hydrogens is 304 g/mol. The van der Waals surface area contributed by atoms with Crippen LogP contribution in [0.3, 0.4) is 0 Å². The Labute approximate surface area is 142 Å². The minimum Gasteiger partial charge on any atom is -0.393 e. The van der Waals surface area contributed by atoms with E-state index >= 15 is 0 Å². The van der Waals surface area contributed by atoms with Crippen LogP contribution < -0.4 is 5.32 Å². The molecule has 0 bridgehead atoms. The van der Waals surface area contributed by atoms with E-state index in [1.54, 1.807) is 22.8 Å². The fraction of sp³-hybridized carbons (Fsp3) is 0.444. The molecule has 2 N–H and O–H groups in total. The number of rotatable bonds is 5. The van der Waals surface area contributed by atoms with Crippen molar-refractivity contribution in [2.24, 2.45) is 5.92 Å². The molecule has 0 aliphatic heterocycles. The van der Waals surface area contributed by atoms with Crippen LogP contribution >= 0.6 is 0 Å². The third-order valence-corrected chi connectivity index (χ3v) is 4.60. The van der Waals surface area contributed by atoms with Crippen LogP contribution in [0.25, 0.3) is 5.69 Å². The summed E-state index contributed by atoms with van der Waals surface area (Å²) >= 11 is 0. The van der Waals surface area contributed by atoms with Gasteiger partial charge in [0.15, 0.2) is 0 Å². The average Bonchev–Trinajstić information content (AvgIpc) is 3.25. The number of amides is 2. The van der Waals surface area contributed by atoms with E-state index in [9.17, 15) is 9.90 Å². The molecule has 0 radical (unpaired) electrons. The summed E-state index contributed by atoms with van der Waals surface area (Å²) < 4.78 is 1.79. The van der Waals surface area contributed by atoms with Gasteiger partial charge in [-0.2, -0.15) is 5.10 Å². The van der Waals surface area contributed by atoms with Crippen LogP contribution in [-0.2, 0) is 6.54 Å². The normalized spacial score (nSPS) is 20.1. The van der Waals surface area contributed by atoms with E-state index in [0.717, 1.165) is 30.5 Å². The van der Waals surface area contributed by atoms with Crippen LogP contribution in [0.15, 0.2) is 42.7 Å². The molecule has 1 saturated carbocycles. The molecule has 1 fully saturated rings. The maximum atomic E-state index is 12.2. The molecule has 0 saturated heterocycles. The number of benzene rings is 1. The summed E-state index contributed by atoms with van der Waals surface area (Å²) in [6.07, 6.45) is 6.23. The Morgan fingerprint density at radius 1 is 1.42 bits per heavy atom. The number of aromatic nitrogens is 2. The Hall–Kier alpha value is -2.34. The quantitative estimate of drug-likeness (QED) is 0.884. The number of hydrogen-bond acceptors (Lipinski definition) is 3. The van der Waals surface area contributed by atoms with Crippen LogP contribution in [0.2, 0.25) is 0 Å². The van der Waals surface area contributed by atoms with Crippen molar-refractivity contribution in [2.75, 3.05) is 13.6 Å². The maximum absolute atomic E-state index is 12.2. The minimum absolute atomic E-state index is 0.112. The number of carbonyl (C=O) groups excluding carboxylic acids is 1. The summed E-state index contributed by atoms with van der Waals surface area (Å²) in [7, 11) is 1.78. The predicted molar refractivity (Wildman–Crippen MR) is 91.8 cm³/mol. The minimum atomic E-state index is -0.272. The van der Waals surface area contributed by atoms with Crippen LogP contribution in [0, 0.1) is 5.92 Å². The lowest BCUT2D eigenvalue weighted by Gasteiger charge is -2.23. The largest absolute Gasteiger partial charge is 0.393 e. The molecule has 1 heterocycles. The predicted octanol–water partition coefficient (Wildman–Crippen LogP) is 2.17. The van der Waals surface area contributed by atoms with Gasteiger partial charge in [0.2, 0.25) is 0 Å². The molecular formula is C18H24N4O2. The van der Waals surface area contributed by atoms with Gasteiger partial charge in [-0.25, -0.2) is 9.48 Å². The fourth-order valence-corrected chi connectivity index (χ4v) is 3.21. The number of nitrogens with one attached hydrogen (secondary N) is 1. The summed E-state index contributed by atoms with van der Waals surface area (Å²) in [5.41, 5.74) is 1.99. The van der Waals surface area contributed by atoms with E-state index in [0.29, 0.717) is 13.1 Å². The number of aliphatic hydroxyl groups is 1. The van der Waals surface area contributed by atoms with Gasteiger partial charge in [-0.05, 0) is 36.6 Å². The number of aliphatic hydroxyl groups excluding tert-OH is 1. The van der Waals surface area contributed by atoms with Gasteiger partial charge in [-0.15, -0.1) is 0 Å². The van der Waals surface area contributed by atoms with Crippen molar-refractivity contribution in [2.45, 2.75) is 31.9 Å². The average molecular weight is 328 g/mol. The van der Waals surface area contributed by atoms with E-state index in [2.05, 4.69) is 10.4 Å². The van der Waals surface area contributed by atoms with Crippen LogP contribution in [0.4, 0.5) is 4.79 Å². The molecule has 6 nitrogen and oxygen atoms in total. The van der Waals surface area contributed by atoms with E-state index < -0.39 is 0 Å². The molecule has 2 aromatic rings. The van der Waals surface area contributed by atoms with E-state index in [-0.39, 0.29) is 18.1 Å². The number of nitrogens with zero attached hydrogens (tertiary/aromatic N) is 3. The van der Waals surface area contributed by atoms with Crippen molar-refractivity contribution in [3.05, 3.63) is 48.3 Å². The zero-order valence-corrected chi connectivity index (χ0v) is 13.9. The van der Waals surface area contributed by atoms with Gasteiger partial charge >= 0.3 is 6.03 Å². The first-order valence-corrected chi connectivity index (χ1v) is 8.39. The van der Waals surface area contributed by atoms with E-state index in [4.69, 9.17) is 0 Å². The van der Waals surface area contributed by atoms with Crippen LogP contribution in [0.5, 0.6) is 0 Å². The molecule has 128 valence electrons. The number of carbonyl (C=O) groups is 1. The first-order chi connectivity index (χ1) is 11.6. The van der Waals surface area contributed by atoms with Crippen molar-refractivity contribution in [1.82, 2.24) is 20.0 Å². The zero-order chi connectivity index (χ0) is 16.9. The van der Waals surface area contributed by atoms with Gasteiger partial charge < -0.3 is 15.3 Å². The number of hydrogen-bond donors (Lipinski definition) is 2. The van der Waals surface area contributed by atoms with E-state index in [1.807, 2.05) is 36.5 Å². The summed E-state index contributed by atoms with van der Waals surface area (Å²) in [5.74, 6) is 0.198. The Morgan fingerprint density at radius 3 is 3.00 bits per heavy atom. The SMILES string of the molecule is CN(CC1CCCC1O)C(=O)NCc1cccc(-n2cccn2)c1. The Bertz CT molecular complexity index is 671. The number of urea groups is 1. The molecule has 1 aliphatic carbocycles. The highest BCUT2D eigenvalue weighted by Gasteiger charge is 2.27. The second-order valence-electron chi connectivity index (χ2n) is 6.42. The van der Waals surface area contributed by atoms with Crippen molar-refractivity contribution in [3.8, 4) is 5.69 Å². The van der Waals surface area contributed by atoms with Crippen LogP contribution in [0.1, 0.15) is 24.8 Å². The third-order valence-electron chi connectivity index (χ3n) is 4.60. The van der Waals surface area contributed by atoms with Gasteiger partial charge in [0.25, 0.3) is 0 Å². The molecule has 3 rings (SSSR count). The highest BCUT2D eigenvalue weighted by Crippen LogP contribution is 2.25. The smallest absolute Gasteiger partial charge is 0.317 e. The lowest BCUT2D eigenvalue weighted by molar-refractivity contribution is 0.114. The topological polar surface area (TPSA) is 70.4 Å². The van der Waals surface area contributed by atoms with Crippen molar-refractivity contribution < 1.29 is 9.90 Å². The lowest BCUT2D eigenvalue weighted by atomic mass is 10.1. The molecule has 24 heavy (non-hydrogen) atoms. The van der Waals surface area contributed by atoms with E-state index in [1.165, 1.54) is 0 Å². The molecule has 2 atom stereocenters. The maximum Gasteiger partial charge on any atom is 0.317 e. The Morgan fingerprint density at radius 2 is 2.29 bits per heavy atom. The van der Waals surface area contributed by atoms with Gasteiger partial charge in [-0.3, -0.25) is 0 Å². The summed E-state index contributed by atoms with van der Waals surface area (Å²) in [5, 5.41) is 17.0. The van der Waals surface area contributed by atoms with Gasteiger partial charge in [-0.1, -0.05) is 18.6 Å². The Balaban J connectivity index is 1.53. The van der Waals surface area contributed by atoms with Crippen molar-refractivity contribution >= 4 is 6.03 Å². The second-order valence-corrected chi connectivity index (χ2v) is 6.42. The van der Waals surface area contributed by atoms with Gasteiger partial charge in [0.1, 0.15) is 0 Å². The first kappa shape index (κ1) is 16.5. The highest BCUT2D eigenvalue weighted by atomic mass is 16.3. The third kappa shape index (κ3) is 3.94. The Kier molecular flexibility index (Phi) is 5.15. The first-order valence-electron chi connectivity index (χ1n) is 8.39. The van der Waals surface area contributed by atoms with Crippen molar-refractivity contribution in [1.29, 1.82) is 0 Å². The van der Waals surface area contributed by atoms with Crippen molar-refractivity contribution in [3.63, 3.8) is 0 Å². The van der Waals surface area contributed by atoms with Crippen LogP contribution in [-0.4, -0.2) is 45.5 Å². The molecule has 1 aliphatic rings. The molecule has 2 unspecified atom stereocenters. The standard InChI is InChI=1S/C18H24N4O2/c1-21(13-15-6-3-8-17(15)23)18(24)19-12-14-5-2-7-16(11-14)22-10-4-9-20-22/h2,4-5,7,9-11,15,17,23H,3,6,8,12-13H2,1H3,(H,19,24). The molecule has 6 heteroatoms. The summed E-state index contributed by atoms with van der Waals surface area (Å²) in [6, 6.07) is 9.69. The van der Waals surface area contributed by atoms with Gasteiger partial charge in [0.05, 0.1) is 11.8 Å². The summed E-state index contributed by atoms with van der Waals surface area (Å²) in [4.78, 5) is 13.9. The fourth-order valence-electron chi connectivity index (χ4n) is 3.21. The molecule has 0 spiro atoms. The second kappa shape index (κ2) is 7.49. The summed E-state index contributed by atoms with van der Waals surface area (Å²) in [6.45, 7) is 1.06. The zero-order valence-electron chi connectivity index (χ0n) is 13.9. The molecule has 1 aromatic heterocycles. The highest BCUT2D eigenvalue weighted by molar-refractivity contribution is 5.73. The molecule has 1 aromatic carbocycles. The molecule has 2 amide bonds. The lowest BCUT2D eigenvalue weighted by Crippen LogP contribution is -2.40. The van der Waals surface area contributed by atoms with Gasteiger partial charge in [0, 0.05) is 38.4 Å².